The summed E-state index contributed by atoms with van der Waals surface area (Å²) in [4.78, 5) is 26.6. The third kappa shape index (κ3) is 3.99. The molecule has 1 aliphatic heterocycles. The maximum atomic E-state index is 13.2. The van der Waals surface area contributed by atoms with Crippen LogP contribution in [0.3, 0.4) is 0 Å². The van der Waals surface area contributed by atoms with Gasteiger partial charge in [0.15, 0.2) is 5.60 Å². The maximum absolute atomic E-state index is 13.2. The van der Waals surface area contributed by atoms with Crippen LogP contribution in [0.4, 0.5) is 5.69 Å². The molecule has 0 aromatic heterocycles. The molecule has 1 unspecified atom stereocenters. The largest absolute Gasteiger partial charge is 0.491 e. The molecule has 2 aromatic carbocycles. The van der Waals surface area contributed by atoms with E-state index in [0.29, 0.717) is 23.7 Å². The number of amides is 1. The lowest BCUT2D eigenvalue weighted by Gasteiger charge is -2.23. The van der Waals surface area contributed by atoms with Crippen molar-refractivity contribution in [2.24, 2.45) is 0 Å². The summed E-state index contributed by atoms with van der Waals surface area (Å²) in [6, 6.07) is 9.94. The lowest BCUT2D eigenvalue weighted by molar-refractivity contribution is -0.141. The van der Waals surface area contributed by atoms with Gasteiger partial charge in [0.2, 0.25) is 0 Å². The number of aryl methyl sites for hydroxylation is 3. The number of hydrogen-bond acceptors (Lipinski definition) is 4. The number of carbonyl (C=O) groups is 2. The van der Waals surface area contributed by atoms with Crippen molar-refractivity contribution in [1.29, 1.82) is 0 Å². The Morgan fingerprint density at radius 1 is 1.13 bits per heavy atom. The summed E-state index contributed by atoms with van der Waals surface area (Å²) in [7, 11) is 0. The van der Waals surface area contributed by atoms with Crippen molar-refractivity contribution in [2.45, 2.75) is 59.5 Å². The first-order valence-electron chi connectivity index (χ1n) is 10.4. The van der Waals surface area contributed by atoms with Gasteiger partial charge in [0.25, 0.3) is 5.91 Å². The number of benzene rings is 2. The Morgan fingerprint density at radius 2 is 1.83 bits per heavy atom. The summed E-state index contributed by atoms with van der Waals surface area (Å²) in [6.45, 7) is 12.1. The van der Waals surface area contributed by atoms with E-state index in [1.54, 1.807) is 11.0 Å². The second-order valence-electron chi connectivity index (χ2n) is 8.72. The molecule has 1 N–H and O–H groups in total. The van der Waals surface area contributed by atoms with Crippen LogP contribution in [0, 0.1) is 20.8 Å². The van der Waals surface area contributed by atoms with Crippen molar-refractivity contribution in [3.05, 3.63) is 58.1 Å². The molecule has 0 aliphatic carbocycles. The summed E-state index contributed by atoms with van der Waals surface area (Å²) in [5.74, 6) is 0.450. The van der Waals surface area contributed by atoms with Crippen molar-refractivity contribution in [3.63, 3.8) is 0 Å². The Labute approximate surface area is 178 Å². The van der Waals surface area contributed by atoms with E-state index in [2.05, 4.69) is 26.0 Å². The molecule has 1 atom stereocenters. The molecule has 2 aromatic rings. The number of carbonyl (C=O) groups excluding carboxylic acids is 2. The summed E-state index contributed by atoms with van der Waals surface area (Å²) in [5, 5.41) is 11.2. The number of nitrogens with zero attached hydrogens (tertiary/aromatic N) is 1. The molecule has 1 heterocycles. The molecular weight excluding hydrogens is 378 g/mol. The van der Waals surface area contributed by atoms with Crippen LogP contribution in [0.15, 0.2) is 30.3 Å². The minimum Gasteiger partial charge on any atom is -0.491 e. The van der Waals surface area contributed by atoms with Crippen molar-refractivity contribution in [1.82, 2.24) is 0 Å². The van der Waals surface area contributed by atoms with Crippen LogP contribution >= 0.6 is 0 Å². The van der Waals surface area contributed by atoms with Gasteiger partial charge in [-0.3, -0.25) is 9.59 Å². The zero-order chi connectivity index (χ0) is 22.2. The summed E-state index contributed by atoms with van der Waals surface area (Å²) < 4.78 is 6.07. The fourth-order valence-electron chi connectivity index (χ4n) is 4.31. The minimum absolute atomic E-state index is 0.226. The van der Waals surface area contributed by atoms with Crippen LogP contribution in [0.5, 0.6) is 5.75 Å². The van der Waals surface area contributed by atoms with Gasteiger partial charge in [-0.05, 0) is 56.4 Å². The molecule has 0 radical (unpaired) electrons. The van der Waals surface area contributed by atoms with Crippen LogP contribution in [0.1, 0.15) is 60.9 Å². The molecule has 1 aliphatic rings. The number of aliphatic hydroxyl groups is 1. The number of anilines is 1. The average molecular weight is 410 g/mol. The molecule has 160 valence electrons. The molecule has 30 heavy (non-hydrogen) atoms. The van der Waals surface area contributed by atoms with Gasteiger partial charge in [-0.2, -0.15) is 0 Å². The van der Waals surface area contributed by atoms with Crippen molar-refractivity contribution >= 4 is 17.4 Å². The Bertz CT molecular complexity index is 995. The quantitative estimate of drug-likeness (QED) is 0.739. The zero-order valence-electron chi connectivity index (χ0n) is 18.7. The second kappa shape index (κ2) is 8.23. The summed E-state index contributed by atoms with van der Waals surface area (Å²) in [6.07, 6.45) is -0.228. The molecule has 0 saturated heterocycles. The molecule has 5 heteroatoms. The van der Waals surface area contributed by atoms with Crippen LogP contribution in [0.25, 0.3) is 0 Å². The predicted octanol–water partition coefficient (Wildman–Crippen LogP) is 4.33. The highest BCUT2D eigenvalue weighted by atomic mass is 16.5. The van der Waals surface area contributed by atoms with E-state index in [-0.39, 0.29) is 18.8 Å². The summed E-state index contributed by atoms with van der Waals surface area (Å²) in [5.41, 5.74) is 3.46. The Kier molecular flexibility index (Phi) is 6.04. The van der Waals surface area contributed by atoms with E-state index in [1.165, 1.54) is 6.92 Å². The first kappa shape index (κ1) is 22.0. The van der Waals surface area contributed by atoms with Crippen molar-refractivity contribution in [3.8, 4) is 5.75 Å². The Balaban J connectivity index is 1.89. The second-order valence-corrected chi connectivity index (χ2v) is 8.72. The molecular formula is C25H31NO4. The third-order valence-electron chi connectivity index (χ3n) is 5.63. The Morgan fingerprint density at radius 3 is 2.47 bits per heavy atom. The normalized spacial score (nSPS) is 18.1. The van der Waals surface area contributed by atoms with Crippen molar-refractivity contribution in [2.75, 3.05) is 18.1 Å². The summed E-state index contributed by atoms with van der Waals surface area (Å²) >= 11 is 0. The SMILES string of the molecule is CC(=O)CC1(O)C(=O)N(CCOc2cc(C)ccc2C(C)C)c2c(C)cc(C)cc21. The van der Waals surface area contributed by atoms with Crippen molar-refractivity contribution < 1.29 is 19.4 Å². The van der Waals surface area contributed by atoms with Crippen LogP contribution in [-0.4, -0.2) is 29.9 Å². The van der Waals surface area contributed by atoms with Gasteiger partial charge in [-0.15, -0.1) is 0 Å². The number of ketones is 1. The van der Waals surface area contributed by atoms with Gasteiger partial charge in [0, 0.05) is 12.0 Å². The number of fused-ring (bicyclic) bond motifs is 1. The van der Waals surface area contributed by atoms with E-state index in [9.17, 15) is 14.7 Å². The molecule has 0 bridgehead atoms. The highest BCUT2D eigenvalue weighted by Gasteiger charge is 2.51. The zero-order valence-corrected chi connectivity index (χ0v) is 18.7. The van der Waals surface area contributed by atoms with Gasteiger partial charge < -0.3 is 14.7 Å². The maximum Gasteiger partial charge on any atom is 0.264 e. The van der Waals surface area contributed by atoms with Gasteiger partial charge >= 0.3 is 0 Å². The van der Waals surface area contributed by atoms with Gasteiger partial charge in [0.1, 0.15) is 18.1 Å². The molecule has 5 nitrogen and oxygen atoms in total. The topological polar surface area (TPSA) is 66.8 Å². The molecule has 0 fully saturated rings. The smallest absolute Gasteiger partial charge is 0.264 e. The lowest BCUT2D eigenvalue weighted by Crippen LogP contribution is -2.43. The molecule has 1 amide bonds. The van der Waals surface area contributed by atoms with Crippen LogP contribution in [-0.2, 0) is 15.2 Å². The first-order valence-corrected chi connectivity index (χ1v) is 10.4. The highest BCUT2D eigenvalue weighted by molar-refractivity contribution is 6.09. The number of ether oxygens (including phenoxy) is 1. The number of rotatable bonds is 7. The first-order chi connectivity index (χ1) is 14.0. The van der Waals surface area contributed by atoms with E-state index in [0.717, 1.165) is 28.0 Å². The lowest BCUT2D eigenvalue weighted by atomic mass is 9.88. The molecule has 0 saturated carbocycles. The standard InChI is InChI=1S/C25H31NO4/c1-15(2)20-8-7-16(3)13-22(20)30-10-9-26-23-18(5)11-17(4)12-21(23)25(29,24(26)28)14-19(6)27/h7-8,11-13,15,29H,9-10,14H2,1-6H3. The van der Waals surface area contributed by atoms with E-state index in [1.807, 2.05) is 32.9 Å². The molecule has 3 rings (SSSR count). The predicted molar refractivity (Wildman–Crippen MR) is 118 cm³/mol. The van der Waals surface area contributed by atoms with Crippen LogP contribution in [0.2, 0.25) is 0 Å². The Hall–Kier alpha value is -2.66. The van der Waals surface area contributed by atoms with Crippen LogP contribution < -0.4 is 9.64 Å². The monoisotopic (exact) mass is 409 g/mol. The van der Waals surface area contributed by atoms with E-state index < -0.39 is 11.5 Å². The fourth-order valence-corrected chi connectivity index (χ4v) is 4.31. The van der Waals surface area contributed by atoms with E-state index >= 15 is 0 Å². The molecule has 0 spiro atoms. The van der Waals surface area contributed by atoms with Gasteiger partial charge in [-0.25, -0.2) is 0 Å². The third-order valence-corrected chi connectivity index (χ3v) is 5.63. The average Bonchev–Trinajstić information content (AvgIpc) is 2.83. The van der Waals surface area contributed by atoms with E-state index in [4.69, 9.17) is 4.74 Å². The van der Waals surface area contributed by atoms with Gasteiger partial charge in [0.05, 0.1) is 12.2 Å². The highest BCUT2D eigenvalue weighted by Crippen LogP contribution is 2.44. The number of hydrogen-bond donors (Lipinski definition) is 1. The van der Waals surface area contributed by atoms with Gasteiger partial charge in [-0.1, -0.05) is 43.7 Å². The number of Topliss-reactive ketones (excluding diaryl/α,β-unsaturated/α-hetero) is 1. The fraction of sp³-hybridized carbons (Fsp3) is 0.440. The minimum atomic E-state index is -1.82.